The predicted octanol–water partition coefficient (Wildman–Crippen LogP) is 2.15. The molecule has 6 heteroatoms. The van der Waals surface area contributed by atoms with Gasteiger partial charge in [-0.2, -0.15) is 0 Å². The molecular weight excluding hydrogens is 256 g/mol. The SMILES string of the molecule is O=C(O)c1nc(Br)c2ccsc2n1. The van der Waals surface area contributed by atoms with E-state index < -0.39 is 5.97 Å². The van der Waals surface area contributed by atoms with Crippen LogP contribution in [-0.2, 0) is 0 Å². The maximum atomic E-state index is 10.6. The second-order valence-corrected chi connectivity index (χ2v) is 3.93. The maximum absolute atomic E-state index is 10.6. The van der Waals surface area contributed by atoms with Gasteiger partial charge in [-0.3, -0.25) is 0 Å². The van der Waals surface area contributed by atoms with E-state index in [1.54, 1.807) is 0 Å². The zero-order valence-corrected chi connectivity index (χ0v) is 8.59. The van der Waals surface area contributed by atoms with Crippen LogP contribution in [0.1, 0.15) is 10.6 Å². The highest BCUT2D eigenvalue weighted by Crippen LogP contribution is 2.24. The predicted molar refractivity (Wildman–Crippen MR) is 52.1 cm³/mol. The molecule has 0 spiro atoms. The molecule has 0 aliphatic carbocycles. The molecule has 0 amide bonds. The fourth-order valence-corrected chi connectivity index (χ4v) is 2.30. The lowest BCUT2D eigenvalue weighted by atomic mass is 10.4. The van der Waals surface area contributed by atoms with E-state index in [9.17, 15) is 4.79 Å². The Hall–Kier alpha value is -1.01. The summed E-state index contributed by atoms with van der Waals surface area (Å²) in [5.74, 6) is -1.29. The van der Waals surface area contributed by atoms with Crippen molar-refractivity contribution in [1.82, 2.24) is 9.97 Å². The molecule has 13 heavy (non-hydrogen) atoms. The van der Waals surface area contributed by atoms with Crippen LogP contribution in [0.25, 0.3) is 10.2 Å². The third-order valence-electron chi connectivity index (χ3n) is 1.47. The third kappa shape index (κ3) is 1.42. The molecule has 0 bridgehead atoms. The summed E-state index contributed by atoms with van der Waals surface area (Å²) in [6, 6.07) is 1.84. The molecule has 0 aromatic carbocycles. The molecule has 0 saturated heterocycles. The minimum atomic E-state index is -1.11. The third-order valence-corrected chi connectivity index (χ3v) is 2.88. The lowest BCUT2D eigenvalue weighted by Crippen LogP contribution is -2.03. The second-order valence-electron chi connectivity index (χ2n) is 2.28. The van der Waals surface area contributed by atoms with Gasteiger partial charge < -0.3 is 5.11 Å². The second kappa shape index (κ2) is 3.04. The number of aromatic nitrogens is 2. The molecule has 66 valence electrons. The molecule has 2 aromatic heterocycles. The Morgan fingerprint density at radius 2 is 2.31 bits per heavy atom. The summed E-state index contributed by atoms with van der Waals surface area (Å²) in [5, 5.41) is 11.4. The molecule has 0 fully saturated rings. The van der Waals surface area contributed by atoms with Crippen molar-refractivity contribution in [1.29, 1.82) is 0 Å². The van der Waals surface area contributed by atoms with Crippen molar-refractivity contribution in [2.45, 2.75) is 0 Å². The zero-order valence-electron chi connectivity index (χ0n) is 6.19. The number of carbonyl (C=O) groups is 1. The molecule has 0 aliphatic rings. The average molecular weight is 259 g/mol. The summed E-state index contributed by atoms with van der Waals surface area (Å²) >= 11 is 4.58. The first-order valence-electron chi connectivity index (χ1n) is 3.32. The number of nitrogens with zero attached hydrogens (tertiary/aromatic N) is 2. The number of carboxylic acids is 1. The average Bonchev–Trinajstić information content (AvgIpc) is 2.51. The van der Waals surface area contributed by atoms with Gasteiger partial charge in [-0.25, -0.2) is 14.8 Å². The highest BCUT2D eigenvalue weighted by molar-refractivity contribution is 9.10. The largest absolute Gasteiger partial charge is 0.475 e. The van der Waals surface area contributed by atoms with Crippen LogP contribution in [0.3, 0.4) is 0 Å². The Morgan fingerprint density at radius 1 is 1.54 bits per heavy atom. The van der Waals surface area contributed by atoms with E-state index in [1.807, 2.05) is 11.4 Å². The molecule has 0 saturated carbocycles. The number of hydrogen-bond donors (Lipinski definition) is 1. The van der Waals surface area contributed by atoms with Crippen molar-refractivity contribution >= 4 is 43.5 Å². The van der Waals surface area contributed by atoms with Crippen LogP contribution in [0.15, 0.2) is 16.0 Å². The molecule has 1 N–H and O–H groups in total. The minimum absolute atomic E-state index is 0.179. The van der Waals surface area contributed by atoms with Crippen molar-refractivity contribution < 1.29 is 9.90 Å². The van der Waals surface area contributed by atoms with Crippen molar-refractivity contribution in [3.8, 4) is 0 Å². The van der Waals surface area contributed by atoms with Gasteiger partial charge in [0.25, 0.3) is 0 Å². The lowest BCUT2D eigenvalue weighted by molar-refractivity contribution is 0.0684. The van der Waals surface area contributed by atoms with Gasteiger partial charge in [0, 0.05) is 5.39 Å². The summed E-state index contributed by atoms with van der Waals surface area (Å²) in [7, 11) is 0. The highest BCUT2D eigenvalue weighted by Gasteiger charge is 2.11. The van der Waals surface area contributed by atoms with Crippen molar-refractivity contribution in [3.05, 3.63) is 21.9 Å². The summed E-state index contributed by atoms with van der Waals surface area (Å²) in [4.78, 5) is 18.9. The first-order chi connectivity index (χ1) is 6.18. The van der Waals surface area contributed by atoms with Crippen molar-refractivity contribution in [2.24, 2.45) is 0 Å². The fourth-order valence-electron chi connectivity index (χ4n) is 0.915. The Morgan fingerprint density at radius 3 is 3.00 bits per heavy atom. The molecule has 0 radical (unpaired) electrons. The number of rotatable bonds is 1. The zero-order chi connectivity index (χ0) is 9.42. The van der Waals surface area contributed by atoms with Gasteiger partial charge in [0.05, 0.1) is 0 Å². The number of hydrogen-bond acceptors (Lipinski definition) is 4. The highest BCUT2D eigenvalue weighted by atomic mass is 79.9. The van der Waals surface area contributed by atoms with Crippen molar-refractivity contribution in [2.75, 3.05) is 0 Å². The van der Waals surface area contributed by atoms with Crippen LogP contribution in [-0.4, -0.2) is 21.0 Å². The molecule has 0 aliphatic heterocycles. The van der Waals surface area contributed by atoms with Gasteiger partial charge in [0.15, 0.2) is 0 Å². The van der Waals surface area contributed by atoms with E-state index in [1.165, 1.54) is 11.3 Å². The van der Waals surface area contributed by atoms with Gasteiger partial charge in [0.1, 0.15) is 9.43 Å². The van der Waals surface area contributed by atoms with E-state index in [2.05, 4.69) is 25.9 Å². The van der Waals surface area contributed by atoms with Crippen LogP contribution in [0.4, 0.5) is 0 Å². The summed E-state index contributed by atoms with van der Waals surface area (Å²) in [5.41, 5.74) is 0. The van der Waals surface area contributed by atoms with E-state index in [4.69, 9.17) is 5.11 Å². The molecule has 2 aromatic rings. The summed E-state index contributed by atoms with van der Waals surface area (Å²) < 4.78 is 0.524. The van der Waals surface area contributed by atoms with E-state index >= 15 is 0 Å². The maximum Gasteiger partial charge on any atom is 0.374 e. The fraction of sp³-hybridized carbons (Fsp3) is 0. The molecule has 0 atom stereocenters. The number of fused-ring (bicyclic) bond motifs is 1. The van der Waals surface area contributed by atoms with Crippen LogP contribution < -0.4 is 0 Å². The number of aromatic carboxylic acids is 1. The summed E-state index contributed by atoms with van der Waals surface area (Å²) in [6.07, 6.45) is 0. The molecule has 0 unspecified atom stereocenters. The monoisotopic (exact) mass is 258 g/mol. The van der Waals surface area contributed by atoms with Gasteiger partial charge >= 0.3 is 5.97 Å². The van der Waals surface area contributed by atoms with Crippen LogP contribution in [0.5, 0.6) is 0 Å². The van der Waals surface area contributed by atoms with E-state index in [0.29, 0.717) is 9.43 Å². The molecule has 2 rings (SSSR count). The Kier molecular flexibility index (Phi) is 2.01. The van der Waals surface area contributed by atoms with E-state index in [0.717, 1.165) is 5.39 Å². The quantitative estimate of drug-likeness (QED) is 0.797. The minimum Gasteiger partial charge on any atom is -0.475 e. The van der Waals surface area contributed by atoms with Gasteiger partial charge in [0.2, 0.25) is 5.82 Å². The Labute approximate surface area is 85.4 Å². The number of thiophene rings is 1. The first-order valence-corrected chi connectivity index (χ1v) is 5.00. The Bertz CT molecular complexity index is 482. The normalized spacial score (nSPS) is 10.5. The Balaban J connectivity index is 2.77. The van der Waals surface area contributed by atoms with Crippen LogP contribution in [0.2, 0.25) is 0 Å². The first kappa shape index (κ1) is 8.58. The van der Waals surface area contributed by atoms with Gasteiger partial charge in [-0.05, 0) is 27.4 Å². The number of halogens is 1. The molecular formula is C7H3BrN2O2S. The van der Waals surface area contributed by atoms with Crippen molar-refractivity contribution in [3.63, 3.8) is 0 Å². The van der Waals surface area contributed by atoms with E-state index in [-0.39, 0.29) is 5.82 Å². The van der Waals surface area contributed by atoms with Crippen LogP contribution >= 0.6 is 27.3 Å². The lowest BCUT2D eigenvalue weighted by Gasteiger charge is -1.95. The van der Waals surface area contributed by atoms with Gasteiger partial charge in [-0.15, -0.1) is 11.3 Å². The summed E-state index contributed by atoms with van der Waals surface area (Å²) in [6.45, 7) is 0. The van der Waals surface area contributed by atoms with Gasteiger partial charge in [-0.1, -0.05) is 0 Å². The van der Waals surface area contributed by atoms with Crippen LogP contribution in [0, 0.1) is 0 Å². The standard InChI is InChI=1S/C7H3BrN2O2S/c8-4-3-1-2-13-6(3)10-5(9-4)7(11)12/h1-2H,(H,11,12). The molecule has 2 heterocycles. The number of carboxylic acid groups (broad SMARTS) is 1. The smallest absolute Gasteiger partial charge is 0.374 e. The topological polar surface area (TPSA) is 63.1 Å². The molecule has 4 nitrogen and oxygen atoms in total.